The average Bonchev–Trinajstić information content (AvgIpc) is 2.93. The Bertz CT molecular complexity index is 850. The van der Waals surface area contributed by atoms with Crippen molar-refractivity contribution >= 4 is 17.5 Å². The number of alkyl halides is 3. The summed E-state index contributed by atoms with van der Waals surface area (Å²) in [5.74, 6) is -0.603. The minimum atomic E-state index is -4.60. The van der Waals surface area contributed by atoms with Crippen LogP contribution in [0.25, 0.3) is 0 Å². The number of hydrogen-bond donors (Lipinski definition) is 2. The summed E-state index contributed by atoms with van der Waals surface area (Å²) >= 11 is 0. The number of anilines is 3. The van der Waals surface area contributed by atoms with Gasteiger partial charge in [0, 0.05) is 18.6 Å². The Kier molecular flexibility index (Phi) is 5.72. The second-order valence-corrected chi connectivity index (χ2v) is 7.73. The fourth-order valence-corrected chi connectivity index (χ4v) is 3.49. The molecule has 29 heavy (non-hydrogen) atoms. The molecule has 0 saturated carbocycles. The number of nitrogens with one attached hydrogen (secondary N) is 1. The molecule has 0 aromatic carbocycles. The van der Waals surface area contributed by atoms with Crippen LogP contribution in [0.2, 0.25) is 0 Å². The van der Waals surface area contributed by atoms with Gasteiger partial charge in [0.1, 0.15) is 11.4 Å². The quantitative estimate of drug-likeness (QED) is 0.778. The van der Waals surface area contributed by atoms with E-state index in [1.54, 1.807) is 6.20 Å². The molecule has 3 heterocycles. The van der Waals surface area contributed by atoms with Gasteiger partial charge < -0.3 is 15.8 Å². The maximum atomic E-state index is 13.0. The normalized spacial score (nSPS) is 16.2. The van der Waals surface area contributed by atoms with Gasteiger partial charge in [-0.1, -0.05) is 0 Å². The highest BCUT2D eigenvalue weighted by atomic mass is 19.4. The number of hydrogen-bond acceptors (Lipinski definition) is 7. The molecular formula is C18H26F3N7O. The third-order valence-corrected chi connectivity index (χ3v) is 5.15. The number of ether oxygens (including phenoxy) is 1. The number of halogens is 3. The highest BCUT2D eigenvalue weighted by Gasteiger charge is 2.37. The average molecular weight is 413 g/mol. The van der Waals surface area contributed by atoms with Crippen molar-refractivity contribution in [3.8, 4) is 0 Å². The molecule has 0 spiro atoms. The highest BCUT2D eigenvalue weighted by molar-refractivity contribution is 5.58. The molecule has 1 fully saturated rings. The maximum Gasteiger partial charge on any atom is 0.421 e. The van der Waals surface area contributed by atoms with Crippen LogP contribution < -0.4 is 11.1 Å². The van der Waals surface area contributed by atoms with Crippen molar-refractivity contribution in [2.24, 2.45) is 0 Å². The van der Waals surface area contributed by atoms with Gasteiger partial charge >= 0.3 is 6.18 Å². The van der Waals surface area contributed by atoms with Crippen LogP contribution in [0, 0.1) is 13.8 Å². The molecule has 0 radical (unpaired) electrons. The van der Waals surface area contributed by atoms with Crippen molar-refractivity contribution in [1.29, 1.82) is 0 Å². The summed E-state index contributed by atoms with van der Waals surface area (Å²) in [6.07, 6.45) is -2.99. The van der Waals surface area contributed by atoms with Gasteiger partial charge in [-0.3, -0.25) is 9.58 Å². The van der Waals surface area contributed by atoms with Gasteiger partial charge in [-0.05, 0) is 27.7 Å². The molecule has 11 heteroatoms. The minimum Gasteiger partial charge on any atom is -0.383 e. The van der Waals surface area contributed by atoms with Crippen molar-refractivity contribution in [3.05, 3.63) is 23.1 Å². The lowest BCUT2D eigenvalue weighted by Gasteiger charge is -2.40. The van der Waals surface area contributed by atoms with Gasteiger partial charge in [0.2, 0.25) is 5.95 Å². The Morgan fingerprint density at radius 3 is 2.41 bits per heavy atom. The van der Waals surface area contributed by atoms with Crippen molar-refractivity contribution in [2.45, 2.75) is 46.0 Å². The predicted octanol–water partition coefficient (Wildman–Crippen LogP) is 2.75. The van der Waals surface area contributed by atoms with E-state index in [0.29, 0.717) is 25.4 Å². The molecule has 0 atom stereocenters. The predicted molar refractivity (Wildman–Crippen MR) is 103 cm³/mol. The van der Waals surface area contributed by atoms with Crippen LogP contribution in [0.1, 0.15) is 30.8 Å². The first-order valence-corrected chi connectivity index (χ1v) is 9.32. The summed E-state index contributed by atoms with van der Waals surface area (Å²) < 4.78 is 46.4. The fourth-order valence-electron chi connectivity index (χ4n) is 3.49. The Balaban J connectivity index is 1.78. The van der Waals surface area contributed by atoms with E-state index in [2.05, 4.69) is 39.1 Å². The molecule has 0 unspecified atom stereocenters. The molecule has 2 aromatic heterocycles. The minimum absolute atomic E-state index is 0.00286. The molecular weight excluding hydrogens is 387 g/mol. The molecule has 3 N–H and O–H groups in total. The Hall–Kier alpha value is -2.40. The smallest absolute Gasteiger partial charge is 0.383 e. The Labute approximate surface area is 167 Å². The molecule has 160 valence electrons. The van der Waals surface area contributed by atoms with E-state index in [0.717, 1.165) is 18.8 Å². The molecule has 2 aromatic rings. The molecule has 0 aliphatic carbocycles. The van der Waals surface area contributed by atoms with Gasteiger partial charge in [0.15, 0.2) is 0 Å². The van der Waals surface area contributed by atoms with Crippen molar-refractivity contribution in [2.75, 3.05) is 37.4 Å². The molecule has 1 aliphatic heterocycles. The third-order valence-electron chi connectivity index (χ3n) is 5.15. The number of nitrogen functional groups attached to an aromatic ring is 1. The summed E-state index contributed by atoms with van der Waals surface area (Å²) in [5, 5.41) is 7.35. The van der Waals surface area contributed by atoms with Crippen LogP contribution in [0.5, 0.6) is 0 Å². The van der Waals surface area contributed by atoms with E-state index in [-0.39, 0.29) is 17.2 Å². The van der Waals surface area contributed by atoms with Crippen LogP contribution in [-0.2, 0) is 17.5 Å². The molecule has 3 rings (SSSR count). The zero-order valence-corrected chi connectivity index (χ0v) is 17.0. The van der Waals surface area contributed by atoms with Gasteiger partial charge in [0.25, 0.3) is 0 Å². The summed E-state index contributed by atoms with van der Waals surface area (Å²) in [6.45, 7) is 11.2. The molecule has 1 aliphatic rings. The summed E-state index contributed by atoms with van der Waals surface area (Å²) in [6, 6.07) is 0. The van der Waals surface area contributed by atoms with Gasteiger partial charge in [-0.15, -0.1) is 0 Å². The van der Waals surface area contributed by atoms with Crippen molar-refractivity contribution in [1.82, 2.24) is 24.6 Å². The second kappa shape index (κ2) is 7.79. The standard InChI is InChI=1S/C18H26F3N7O/c1-11-14(18(19,20)21)15(22)26-16(24-11)25-13-9-23-28(12(13)2)10-17(3,4)27-5-7-29-8-6-27/h9H,5-8,10H2,1-4H3,(H3,22,24,25,26). The summed E-state index contributed by atoms with van der Waals surface area (Å²) in [4.78, 5) is 10.0. The van der Waals surface area contributed by atoms with Crippen molar-refractivity contribution < 1.29 is 17.9 Å². The molecule has 1 saturated heterocycles. The number of nitrogens with two attached hydrogens (primary N) is 1. The molecule has 8 nitrogen and oxygen atoms in total. The number of nitrogens with zero attached hydrogens (tertiary/aromatic N) is 5. The van der Waals surface area contributed by atoms with E-state index >= 15 is 0 Å². The van der Waals surface area contributed by atoms with Crippen LogP contribution in [-0.4, -0.2) is 56.5 Å². The van der Waals surface area contributed by atoms with Crippen molar-refractivity contribution in [3.63, 3.8) is 0 Å². The first-order valence-electron chi connectivity index (χ1n) is 9.32. The molecule has 0 amide bonds. The van der Waals surface area contributed by atoms with E-state index in [1.807, 2.05) is 11.6 Å². The first kappa shape index (κ1) is 21.3. The van der Waals surface area contributed by atoms with Crippen LogP contribution in [0.4, 0.5) is 30.6 Å². The fraction of sp³-hybridized carbons (Fsp3) is 0.611. The third kappa shape index (κ3) is 4.61. The van der Waals surface area contributed by atoms with E-state index < -0.39 is 17.6 Å². The van der Waals surface area contributed by atoms with Gasteiger partial charge in [-0.25, -0.2) is 4.98 Å². The number of aryl methyl sites for hydroxylation is 1. The molecule has 0 bridgehead atoms. The van der Waals surface area contributed by atoms with Crippen LogP contribution in [0.15, 0.2) is 6.20 Å². The lowest BCUT2D eigenvalue weighted by Crippen LogP contribution is -2.52. The second-order valence-electron chi connectivity index (χ2n) is 7.73. The van der Waals surface area contributed by atoms with Crippen LogP contribution in [0.3, 0.4) is 0 Å². The monoisotopic (exact) mass is 413 g/mol. The zero-order valence-electron chi connectivity index (χ0n) is 17.0. The van der Waals surface area contributed by atoms with E-state index in [4.69, 9.17) is 10.5 Å². The van der Waals surface area contributed by atoms with Gasteiger partial charge in [0.05, 0.1) is 43.0 Å². The maximum absolute atomic E-state index is 13.0. The van der Waals surface area contributed by atoms with Crippen LogP contribution >= 0.6 is 0 Å². The number of morpholine rings is 1. The highest BCUT2D eigenvalue weighted by Crippen LogP contribution is 2.35. The summed E-state index contributed by atoms with van der Waals surface area (Å²) in [5.41, 5.74) is 5.58. The zero-order chi connectivity index (χ0) is 21.4. The Morgan fingerprint density at radius 1 is 1.17 bits per heavy atom. The largest absolute Gasteiger partial charge is 0.421 e. The SMILES string of the molecule is Cc1nc(Nc2cnn(CC(C)(C)N3CCOCC3)c2C)nc(N)c1C(F)(F)F. The Morgan fingerprint density at radius 2 is 1.83 bits per heavy atom. The van der Waals surface area contributed by atoms with Gasteiger partial charge in [-0.2, -0.15) is 23.3 Å². The first-order chi connectivity index (χ1) is 13.5. The topological polar surface area (TPSA) is 94.1 Å². The summed E-state index contributed by atoms with van der Waals surface area (Å²) in [7, 11) is 0. The lowest BCUT2D eigenvalue weighted by atomic mass is 10.0. The van der Waals surface area contributed by atoms with E-state index in [1.165, 1.54) is 6.92 Å². The van der Waals surface area contributed by atoms with E-state index in [9.17, 15) is 13.2 Å². The lowest BCUT2D eigenvalue weighted by molar-refractivity contribution is -0.137. The number of rotatable bonds is 5. The number of aromatic nitrogens is 4.